The summed E-state index contributed by atoms with van der Waals surface area (Å²) in [5.41, 5.74) is 1.09. The van der Waals surface area contributed by atoms with Gasteiger partial charge in [0.05, 0.1) is 12.4 Å². The summed E-state index contributed by atoms with van der Waals surface area (Å²) < 4.78 is 5.51. The molecule has 0 radical (unpaired) electrons. The van der Waals surface area contributed by atoms with Crippen molar-refractivity contribution in [2.75, 3.05) is 0 Å². The van der Waals surface area contributed by atoms with Crippen LogP contribution in [0.5, 0.6) is 5.75 Å². The molecule has 0 fully saturated rings. The van der Waals surface area contributed by atoms with Crippen LogP contribution in [0.25, 0.3) is 10.6 Å². The van der Waals surface area contributed by atoms with Crippen LogP contribution >= 0.6 is 11.3 Å². The van der Waals surface area contributed by atoms with E-state index in [1.54, 1.807) is 11.3 Å². The van der Waals surface area contributed by atoms with E-state index in [4.69, 9.17) is 4.74 Å². The Hall–Kier alpha value is -2.80. The Bertz CT molecular complexity index is 806. The molecule has 0 amide bonds. The molecule has 2 heterocycles. The van der Waals surface area contributed by atoms with Gasteiger partial charge in [0.2, 0.25) is 5.90 Å². The molecule has 3 aromatic rings. The lowest BCUT2D eigenvalue weighted by Gasteiger charge is -2.10. The fourth-order valence-corrected chi connectivity index (χ4v) is 3.14. The lowest BCUT2D eigenvalue weighted by Crippen LogP contribution is -2.12. The molecule has 0 spiro atoms. The Kier molecular flexibility index (Phi) is 5.12. The van der Waals surface area contributed by atoms with Gasteiger partial charge >= 0.3 is 0 Å². The minimum Gasteiger partial charge on any atom is -0.437 e. The van der Waals surface area contributed by atoms with Crippen molar-refractivity contribution < 1.29 is 9.94 Å². The molecule has 0 aliphatic heterocycles. The predicted octanol–water partition coefficient (Wildman–Crippen LogP) is 3.96. The maximum Gasteiger partial charge on any atom is 0.231 e. The van der Waals surface area contributed by atoms with E-state index < -0.39 is 0 Å². The van der Waals surface area contributed by atoms with E-state index in [1.165, 1.54) is 18.7 Å². The van der Waals surface area contributed by atoms with Crippen LogP contribution in [0.4, 0.5) is 0 Å². The monoisotopic (exact) mass is 340 g/mol. The van der Waals surface area contributed by atoms with Crippen LogP contribution < -0.4 is 4.74 Å². The molecule has 1 aromatic carbocycles. The third-order valence-corrected chi connectivity index (χ3v) is 4.67. The summed E-state index contributed by atoms with van der Waals surface area (Å²) in [5, 5.41) is 13.4. The second-order valence-electron chi connectivity index (χ2n) is 5.21. The van der Waals surface area contributed by atoms with Crippen LogP contribution in [0.1, 0.15) is 24.1 Å². The van der Waals surface area contributed by atoms with Crippen molar-refractivity contribution in [1.82, 2.24) is 15.0 Å². The molecule has 0 bridgehead atoms. The average molecular weight is 340 g/mol. The Morgan fingerprint density at radius 1 is 1.21 bits per heavy atom. The van der Waals surface area contributed by atoms with E-state index in [9.17, 15) is 5.21 Å². The first-order valence-corrected chi connectivity index (χ1v) is 8.23. The van der Waals surface area contributed by atoms with E-state index in [0.717, 1.165) is 15.4 Å². The Labute approximate surface area is 143 Å². The number of ether oxygens (including phenoxy) is 1. The summed E-state index contributed by atoms with van der Waals surface area (Å²) in [6.07, 6.45) is 6.75. The molecule has 6 nitrogen and oxygen atoms in total. The number of hydrogen-bond donors (Lipinski definition) is 1. The standard InChI is InChI=1S/C17H16N4O2S/c1-12(7-16(21-22)23-14-8-18-11-19-9-14)15-10-20-17(24-15)13-5-3-2-4-6-13/h2-6,8-12,22H,7H2,1H3/b21-16+. The second-order valence-corrected chi connectivity index (χ2v) is 6.27. The van der Waals surface area contributed by atoms with Crippen molar-refractivity contribution in [3.8, 4) is 16.3 Å². The lowest BCUT2D eigenvalue weighted by atomic mass is 10.1. The fourth-order valence-electron chi connectivity index (χ4n) is 2.17. The number of oxime groups is 1. The summed E-state index contributed by atoms with van der Waals surface area (Å²) in [5.74, 6) is 0.759. The Morgan fingerprint density at radius 2 is 1.96 bits per heavy atom. The van der Waals surface area contributed by atoms with Gasteiger partial charge in [-0.1, -0.05) is 42.4 Å². The number of aromatic nitrogens is 3. The highest BCUT2D eigenvalue weighted by atomic mass is 32.1. The van der Waals surface area contributed by atoms with Gasteiger partial charge in [0, 0.05) is 29.0 Å². The molecule has 1 atom stereocenters. The molecular formula is C17H16N4O2S. The first kappa shape index (κ1) is 16.1. The number of nitrogens with zero attached hydrogens (tertiary/aromatic N) is 4. The fraction of sp³-hybridized carbons (Fsp3) is 0.176. The molecule has 0 aliphatic carbocycles. The molecule has 1 N–H and O–H groups in total. The Balaban J connectivity index is 1.68. The molecular weight excluding hydrogens is 324 g/mol. The van der Waals surface area contributed by atoms with Gasteiger partial charge in [0.1, 0.15) is 11.3 Å². The molecule has 1 unspecified atom stereocenters. The highest BCUT2D eigenvalue weighted by molar-refractivity contribution is 7.15. The van der Waals surface area contributed by atoms with Crippen LogP contribution in [0, 0.1) is 0 Å². The zero-order valence-electron chi connectivity index (χ0n) is 13.0. The molecule has 7 heteroatoms. The minimum absolute atomic E-state index is 0.107. The number of thiazole rings is 1. The molecule has 3 rings (SSSR count). The summed E-state index contributed by atoms with van der Waals surface area (Å²) in [4.78, 5) is 13.3. The van der Waals surface area contributed by atoms with Crippen molar-refractivity contribution in [1.29, 1.82) is 0 Å². The number of benzene rings is 1. The molecule has 0 aliphatic rings. The third kappa shape index (κ3) is 3.94. The van der Waals surface area contributed by atoms with Gasteiger partial charge in [-0.3, -0.25) is 0 Å². The van der Waals surface area contributed by atoms with Crippen molar-refractivity contribution in [3.63, 3.8) is 0 Å². The van der Waals surface area contributed by atoms with Gasteiger partial charge in [-0.2, -0.15) is 0 Å². The molecule has 24 heavy (non-hydrogen) atoms. The van der Waals surface area contributed by atoms with E-state index >= 15 is 0 Å². The predicted molar refractivity (Wildman–Crippen MR) is 92.5 cm³/mol. The summed E-state index contributed by atoms with van der Waals surface area (Å²) in [7, 11) is 0. The molecule has 0 saturated carbocycles. The Morgan fingerprint density at radius 3 is 2.67 bits per heavy atom. The first-order valence-electron chi connectivity index (χ1n) is 7.41. The summed E-state index contributed by atoms with van der Waals surface area (Å²) in [6, 6.07) is 10.0. The third-order valence-electron chi connectivity index (χ3n) is 3.39. The van der Waals surface area contributed by atoms with E-state index in [0.29, 0.717) is 12.2 Å². The van der Waals surface area contributed by atoms with Gasteiger partial charge in [0.15, 0.2) is 5.75 Å². The normalized spacial score (nSPS) is 12.8. The molecule has 0 saturated heterocycles. The van der Waals surface area contributed by atoms with Gasteiger partial charge in [-0.05, 0) is 0 Å². The summed E-state index contributed by atoms with van der Waals surface area (Å²) >= 11 is 1.62. The van der Waals surface area contributed by atoms with E-state index in [-0.39, 0.29) is 11.8 Å². The van der Waals surface area contributed by atoms with Gasteiger partial charge in [-0.25, -0.2) is 15.0 Å². The van der Waals surface area contributed by atoms with Crippen LogP contribution in [-0.2, 0) is 0 Å². The highest BCUT2D eigenvalue weighted by Crippen LogP contribution is 2.31. The van der Waals surface area contributed by atoms with E-state index in [2.05, 4.69) is 20.1 Å². The second kappa shape index (κ2) is 7.65. The topological polar surface area (TPSA) is 80.5 Å². The van der Waals surface area contributed by atoms with Crippen molar-refractivity contribution >= 4 is 17.2 Å². The number of rotatable bonds is 5. The van der Waals surface area contributed by atoms with Gasteiger partial charge in [-0.15, -0.1) is 11.3 Å². The largest absolute Gasteiger partial charge is 0.437 e. The zero-order chi connectivity index (χ0) is 16.8. The lowest BCUT2D eigenvalue weighted by molar-refractivity contribution is 0.299. The smallest absolute Gasteiger partial charge is 0.231 e. The number of hydrogen-bond acceptors (Lipinski definition) is 7. The molecule has 2 aromatic heterocycles. The molecule has 122 valence electrons. The van der Waals surface area contributed by atoms with Crippen molar-refractivity contribution in [3.05, 3.63) is 60.1 Å². The van der Waals surface area contributed by atoms with Crippen molar-refractivity contribution in [2.45, 2.75) is 19.3 Å². The summed E-state index contributed by atoms with van der Waals surface area (Å²) in [6.45, 7) is 2.04. The van der Waals surface area contributed by atoms with Gasteiger partial charge < -0.3 is 9.94 Å². The maximum absolute atomic E-state index is 9.18. The zero-order valence-corrected chi connectivity index (χ0v) is 13.8. The van der Waals surface area contributed by atoms with Gasteiger partial charge in [0.25, 0.3) is 0 Å². The van der Waals surface area contributed by atoms with Crippen LogP contribution in [0.3, 0.4) is 0 Å². The van der Waals surface area contributed by atoms with E-state index in [1.807, 2.05) is 43.5 Å². The minimum atomic E-state index is 0.107. The average Bonchev–Trinajstić information content (AvgIpc) is 3.13. The van der Waals surface area contributed by atoms with Crippen LogP contribution in [0.2, 0.25) is 0 Å². The van der Waals surface area contributed by atoms with Crippen LogP contribution in [-0.4, -0.2) is 26.1 Å². The van der Waals surface area contributed by atoms with Crippen LogP contribution in [0.15, 0.2) is 60.4 Å². The first-order chi connectivity index (χ1) is 11.8. The maximum atomic E-state index is 9.18. The highest BCUT2D eigenvalue weighted by Gasteiger charge is 2.16. The SMILES string of the molecule is CC(C/C(=N\O)Oc1cncnc1)c1cnc(-c2ccccc2)s1. The quantitative estimate of drug-likeness (QED) is 0.329. The van der Waals surface area contributed by atoms with Crippen molar-refractivity contribution in [2.24, 2.45) is 5.16 Å².